The van der Waals surface area contributed by atoms with Gasteiger partial charge in [-0.15, -0.1) is 0 Å². The Morgan fingerprint density at radius 1 is 1.12 bits per heavy atom. The summed E-state index contributed by atoms with van der Waals surface area (Å²) >= 11 is 9.47. The largest absolute Gasteiger partial charge is 0.345 e. The third-order valence-corrected chi connectivity index (χ3v) is 1.22. The van der Waals surface area contributed by atoms with Crippen LogP contribution in [0.5, 0.6) is 0 Å². The van der Waals surface area contributed by atoms with Crippen LogP contribution in [0.1, 0.15) is 0 Å². The van der Waals surface area contributed by atoms with Crippen LogP contribution in [0, 0.1) is 0 Å². The highest BCUT2D eigenvalue weighted by Gasteiger charge is 2.03. The molecule has 1 aliphatic heterocycles. The monoisotopic (exact) mass is 147 g/mol. The van der Waals surface area contributed by atoms with Crippen LogP contribution in [0.25, 0.3) is 0 Å². The lowest BCUT2D eigenvalue weighted by atomic mass is 10.8. The first kappa shape index (κ1) is 5.71. The second-order valence-corrected chi connectivity index (χ2v) is 2.13. The van der Waals surface area contributed by atoms with E-state index >= 15 is 0 Å². The molecular weight excluding hydrogens is 142 g/mol. The molecule has 0 bridgehead atoms. The molecule has 44 valence electrons. The zero-order chi connectivity index (χ0) is 5.98. The number of hydrogen-bond donors (Lipinski definition) is 3. The number of rotatable bonds is 0. The molecule has 1 heterocycles. The van der Waals surface area contributed by atoms with Gasteiger partial charge in [0, 0.05) is 0 Å². The second kappa shape index (κ2) is 2.23. The molecule has 3 N–H and O–H groups in total. The van der Waals surface area contributed by atoms with Crippen molar-refractivity contribution >= 4 is 34.7 Å². The Balaban J connectivity index is 2.45. The van der Waals surface area contributed by atoms with Crippen LogP contribution in [0.15, 0.2) is 0 Å². The third kappa shape index (κ3) is 1.28. The van der Waals surface area contributed by atoms with Crippen molar-refractivity contribution in [2.24, 2.45) is 0 Å². The molecule has 5 heteroatoms. The molecule has 0 aromatic rings. The molecule has 0 radical (unpaired) electrons. The summed E-state index contributed by atoms with van der Waals surface area (Å²) in [5, 5.41) is 9.57. The number of hydrogen-bond acceptors (Lipinski definition) is 2. The lowest BCUT2D eigenvalue weighted by molar-refractivity contribution is 0.787. The molecule has 0 atom stereocenters. The average Bonchev–Trinajstić information content (AvgIpc) is 1.64. The lowest BCUT2D eigenvalue weighted by Crippen LogP contribution is -2.54. The molecule has 1 saturated heterocycles. The van der Waals surface area contributed by atoms with E-state index in [4.69, 9.17) is 24.4 Å². The SMILES string of the molecule is S=C1NCNC(=S)N1. The van der Waals surface area contributed by atoms with Crippen LogP contribution in [-0.4, -0.2) is 16.9 Å². The summed E-state index contributed by atoms with van der Waals surface area (Å²) in [5.41, 5.74) is 0. The van der Waals surface area contributed by atoms with E-state index in [1.807, 2.05) is 0 Å². The third-order valence-electron chi connectivity index (χ3n) is 0.725. The molecule has 0 aromatic heterocycles. The minimum absolute atomic E-state index is 0.591. The Morgan fingerprint density at radius 2 is 1.62 bits per heavy atom. The lowest BCUT2D eigenvalue weighted by Gasteiger charge is -2.18. The fraction of sp³-hybridized carbons (Fsp3) is 0.333. The van der Waals surface area contributed by atoms with Gasteiger partial charge in [0.25, 0.3) is 0 Å². The molecule has 1 aliphatic rings. The van der Waals surface area contributed by atoms with Crippen LogP contribution in [-0.2, 0) is 0 Å². The van der Waals surface area contributed by atoms with Gasteiger partial charge in [-0.3, -0.25) is 0 Å². The van der Waals surface area contributed by atoms with Gasteiger partial charge in [0.1, 0.15) is 0 Å². The highest BCUT2D eigenvalue weighted by atomic mass is 32.1. The molecular formula is C3H5N3S2. The normalized spacial score (nSPS) is 18.5. The first-order chi connectivity index (χ1) is 3.79. The van der Waals surface area contributed by atoms with Crippen molar-refractivity contribution in [3.8, 4) is 0 Å². The standard InChI is InChI=1S/C3H5N3S2/c7-2-4-1-5-3(8)6-2/h1H2,(H3,4,5,6,7,8). The van der Waals surface area contributed by atoms with Crippen molar-refractivity contribution < 1.29 is 0 Å². The minimum Gasteiger partial charge on any atom is -0.345 e. The summed E-state index contributed by atoms with van der Waals surface area (Å²) in [6, 6.07) is 0. The van der Waals surface area contributed by atoms with Crippen molar-refractivity contribution in [3.05, 3.63) is 0 Å². The molecule has 8 heavy (non-hydrogen) atoms. The van der Waals surface area contributed by atoms with Gasteiger partial charge in [-0.25, -0.2) is 0 Å². The van der Waals surface area contributed by atoms with E-state index in [9.17, 15) is 0 Å². The molecule has 0 spiro atoms. The molecule has 0 unspecified atom stereocenters. The van der Waals surface area contributed by atoms with Crippen molar-refractivity contribution in [2.75, 3.05) is 6.67 Å². The molecule has 0 aliphatic carbocycles. The van der Waals surface area contributed by atoms with Crippen LogP contribution in [0.4, 0.5) is 0 Å². The van der Waals surface area contributed by atoms with Gasteiger partial charge >= 0.3 is 0 Å². The number of thiocarbonyl (C=S) groups is 2. The van der Waals surface area contributed by atoms with E-state index in [0.717, 1.165) is 0 Å². The Hall–Kier alpha value is -0.420. The van der Waals surface area contributed by atoms with Crippen LogP contribution in [0.3, 0.4) is 0 Å². The minimum atomic E-state index is 0.591. The fourth-order valence-electron chi connectivity index (χ4n) is 0.396. The van der Waals surface area contributed by atoms with Crippen LogP contribution < -0.4 is 16.0 Å². The summed E-state index contributed by atoms with van der Waals surface area (Å²) in [7, 11) is 0. The Bertz CT molecular complexity index is 118. The Kier molecular flexibility index (Phi) is 1.59. The van der Waals surface area contributed by atoms with Gasteiger partial charge in [-0.1, -0.05) is 0 Å². The maximum Gasteiger partial charge on any atom is 0.173 e. The zero-order valence-electron chi connectivity index (χ0n) is 4.02. The second-order valence-electron chi connectivity index (χ2n) is 1.31. The van der Waals surface area contributed by atoms with E-state index in [-0.39, 0.29) is 0 Å². The van der Waals surface area contributed by atoms with E-state index in [1.54, 1.807) is 0 Å². The summed E-state index contributed by atoms with van der Waals surface area (Å²) < 4.78 is 0. The van der Waals surface area contributed by atoms with E-state index < -0.39 is 0 Å². The summed E-state index contributed by atoms with van der Waals surface area (Å²) in [4.78, 5) is 0. The molecule has 1 rings (SSSR count). The fourth-order valence-corrected chi connectivity index (χ4v) is 0.809. The molecule has 0 saturated carbocycles. The van der Waals surface area contributed by atoms with Crippen molar-refractivity contribution in [2.45, 2.75) is 0 Å². The van der Waals surface area contributed by atoms with Crippen LogP contribution >= 0.6 is 24.4 Å². The topological polar surface area (TPSA) is 36.1 Å². The van der Waals surface area contributed by atoms with E-state index in [1.165, 1.54) is 0 Å². The molecule has 3 nitrogen and oxygen atoms in total. The quantitative estimate of drug-likeness (QED) is 0.395. The van der Waals surface area contributed by atoms with E-state index in [2.05, 4.69) is 16.0 Å². The van der Waals surface area contributed by atoms with Crippen LogP contribution in [0.2, 0.25) is 0 Å². The summed E-state index contributed by atoms with van der Waals surface area (Å²) in [6.45, 7) is 0.630. The average molecular weight is 147 g/mol. The molecule has 1 fully saturated rings. The number of nitrogens with one attached hydrogen (secondary N) is 3. The molecule has 0 aromatic carbocycles. The van der Waals surface area contributed by atoms with Gasteiger partial charge in [-0.2, -0.15) is 0 Å². The zero-order valence-corrected chi connectivity index (χ0v) is 5.66. The van der Waals surface area contributed by atoms with E-state index in [0.29, 0.717) is 16.9 Å². The first-order valence-corrected chi connectivity index (χ1v) is 2.93. The Labute approximate surface area is 57.8 Å². The van der Waals surface area contributed by atoms with Crippen molar-refractivity contribution in [1.82, 2.24) is 16.0 Å². The van der Waals surface area contributed by atoms with Gasteiger partial charge < -0.3 is 16.0 Å². The van der Waals surface area contributed by atoms with Gasteiger partial charge in [0.15, 0.2) is 10.2 Å². The van der Waals surface area contributed by atoms with Crippen molar-refractivity contribution in [1.29, 1.82) is 0 Å². The molecule has 0 amide bonds. The van der Waals surface area contributed by atoms with Crippen molar-refractivity contribution in [3.63, 3.8) is 0 Å². The predicted octanol–water partition coefficient (Wildman–Crippen LogP) is -0.704. The smallest absolute Gasteiger partial charge is 0.173 e. The highest BCUT2D eigenvalue weighted by molar-refractivity contribution is 7.81. The predicted molar refractivity (Wildman–Crippen MR) is 39.5 cm³/mol. The Morgan fingerprint density at radius 3 is 1.88 bits per heavy atom. The van der Waals surface area contributed by atoms with Gasteiger partial charge in [0.05, 0.1) is 6.67 Å². The first-order valence-electron chi connectivity index (χ1n) is 2.12. The highest BCUT2D eigenvalue weighted by Crippen LogP contribution is 1.73. The van der Waals surface area contributed by atoms with Gasteiger partial charge in [0.2, 0.25) is 0 Å². The maximum absolute atomic E-state index is 4.73. The summed E-state index contributed by atoms with van der Waals surface area (Å²) in [6.07, 6.45) is 0. The van der Waals surface area contributed by atoms with Gasteiger partial charge in [-0.05, 0) is 24.4 Å². The summed E-state index contributed by atoms with van der Waals surface area (Å²) in [5.74, 6) is 0. The maximum atomic E-state index is 4.73.